The van der Waals surface area contributed by atoms with E-state index in [0.717, 1.165) is 0 Å². The number of fused-ring (bicyclic) bond motifs is 3. The molecule has 2 aliphatic heterocycles. The van der Waals surface area contributed by atoms with Crippen LogP contribution in [0.3, 0.4) is 0 Å². The number of amides is 1. The Morgan fingerprint density at radius 2 is 1.42 bits per heavy atom. The molecule has 4 aromatic rings. The quantitative estimate of drug-likeness (QED) is 0.314. The monoisotopic (exact) mass is 433 g/mol. The highest BCUT2D eigenvalue weighted by atomic mass is 16.3. The number of pyridine rings is 1. The largest absolute Gasteiger partial charge is 0.506 e. The number of Topliss-reactive ketones (excluding diaryl/α,β-unsaturated/α-hetero) is 1. The molecule has 3 heterocycles. The highest BCUT2D eigenvalue weighted by Crippen LogP contribution is 2.38. The highest BCUT2D eigenvalue weighted by Gasteiger charge is 2.36. The first-order valence-electron chi connectivity index (χ1n) is 10.3. The number of aromatic nitrogens is 1. The molecule has 7 heteroatoms. The number of anilines is 1. The predicted octanol–water partition coefficient (Wildman–Crippen LogP) is 3.63. The van der Waals surface area contributed by atoms with Crippen molar-refractivity contribution in [1.29, 1.82) is 0 Å². The summed E-state index contributed by atoms with van der Waals surface area (Å²) < 4.78 is 0. The Hall–Kier alpha value is -4.78. The van der Waals surface area contributed by atoms with Crippen molar-refractivity contribution in [3.05, 3.63) is 111 Å². The number of aromatic amines is 1. The number of aliphatic imine (C=N–C) groups is 1. The van der Waals surface area contributed by atoms with Gasteiger partial charge in [-0.1, -0.05) is 48.5 Å². The van der Waals surface area contributed by atoms with Crippen molar-refractivity contribution in [2.45, 2.75) is 0 Å². The molecule has 0 atom stereocenters. The van der Waals surface area contributed by atoms with Gasteiger partial charge in [-0.2, -0.15) is 0 Å². The summed E-state index contributed by atoms with van der Waals surface area (Å²) in [6.45, 7) is 0. The van der Waals surface area contributed by atoms with Crippen LogP contribution in [-0.4, -0.2) is 27.5 Å². The van der Waals surface area contributed by atoms with Crippen LogP contribution in [0.4, 0.5) is 5.69 Å². The highest BCUT2D eigenvalue weighted by molar-refractivity contribution is 6.39. The number of carbonyl (C=O) groups excluding carboxylic acids is 2. The first kappa shape index (κ1) is 18.9. The van der Waals surface area contributed by atoms with Gasteiger partial charge in [0.25, 0.3) is 11.5 Å². The van der Waals surface area contributed by atoms with E-state index >= 15 is 0 Å². The molecule has 0 unspecified atom stereocenters. The molecule has 0 radical (unpaired) electrons. The lowest BCUT2D eigenvalue weighted by Gasteiger charge is -2.19. The number of ketones is 1. The Morgan fingerprint density at radius 3 is 2.24 bits per heavy atom. The number of hydrogen-bond acceptors (Lipinski definition) is 5. The van der Waals surface area contributed by atoms with E-state index in [2.05, 4.69) is 15.3 Å². The molecular formula is C26H15N3O4. The maximum atomic E-state index is 13.3. The zero-order valence-corrected chi connectivity index (χ0v) is 17.0. The van der Waals surface area contributed by atoms with Crippen LogP contribution in [0.5, 0.6) is 5.75 Å². The number of para-hydroxylation sites is 2. The van der Waals surface area contributed by atoms with Crippen molar-refractivity contribution in [3.63, 3.8) is 0 Å². The van der Waals surface area contributed by atoms with Crippen LogP contribution >= 0.6 is 0 Å². The Kier molecular flexibility index (Phi) is 3.94. The van der Waals surface area contributed by atoms with Crippen LogP contribution in [0.15, 0.2) is 88.2 Å². The summed E-state index contributed by atoms with van der Waals surface area (Å²) in [7, 11) is 0. The van der Waals surface area contributed by atoms with E-state index in [9.17, 15) is 19.5 Å². The molecular weight excluding hydrogens is 418 g/mol. The Bertz CT molecular complexity index is 1660. The molecule has 33 heavy (non-hydrogen) atoms. The third-order valence-corrected chi connectivity index (χ3v) is 5.90. The zero-order chi connectivity index (χ0) is 22.7. The van der Waals surface area contributed by atoms with Crippen molar-refractivity contribution in [2.75, 3.05) is 5.32 Å². The van der Waals surface area contributed by atoms with E-state index in [1.807, 2.05) is 0 Å². The number of hydrogen-bond donors (Lipinski definition) is 3. The van der Waals surface area contributed by atoms with Gasteiger partial charge in [0.1, 0.15) is 16.9 Å². The van der Waals surface area contributed by atoms with Gasteiger partial charge < -0.3 is 15.4 Å². The number of carbonyl (C=O) groups is 2. The van der Waals surface area contributed by atoms with E-state index < -0.39 is 17.2 Å². The summed E-state index contributed by atoms with van der Waals surface area (Å²) >= 11 is 0. The van der Waals surface area contributed by atoms with E-state index in [0.29, 0.717) is 33.3 Å². The number of benzene rings is 3. The number of rotatable bonds is 1. The lowest BCUT2D eigenvalue weighted by molar-refractivity contribution is -0.112. The first-order chi connectivity index (χ1) is 16.0. The van der Waals surface area contributed by atoms with E-state index in [1.165, 1.54) is 0 Å². The first-order valence-corrected chi connectivity index (χ1v) is 10.3. The van der Waals surface area contributed by atoms with Crippen LogP contribution < -0.4 is 10.9 Å². The summed E-state index contributed by atoms with van der Waals surface area (Å²) in [6, 6.07) is 20.7. The Morgan fingerprint density at radius 1 is 0.758 bits per heavy atom. The summed E-state index contributed by atoms with van der Waals surface area (Å²) in [6.07, 6.45) is 0. The molecule has 158 valence electrons. The average molecular weight is 433 g/mol. The summed E-state index contributed by atoms with van der Waals surface area (Å²) in [5.41, 5.74) is 2.13. The standard InChI is InChI=1S/C26H15N3O4/c30-23-15-9-3-5-11-17(15)27-25(32)19(23)21-13-7-1-2-8-14(13)22(29-21)20-24(31)16-10-4-6-12-18(16)28-26(20)33/h1-12H,(H,27,32)(H2,28,31,33). The fourth-order valence-corrected chi connectivity index (χ4v) is 4.38. The van der Waals surface area contributed by atoms with Crippen molar-refractivity contribution in [1.82, 2.24) is 4.98 Å². The van der Waals surface area contributed by atoms with Crippen LogP contribution in [-0.2, 0) is 4.79 Å². The van der Waals surface area contributed by atoms with Crippen molar-refractivity contribution >= 4 is 39.7 Å². The van der Waals surface area contributed by atoms with Crippen molar-refractivity contribution in [2.24, 2.45) is 4.99 Å². The molecule has 2 aliphatic rings. The molecule has 0 aliphatic carbocycles. The average Bonchev–Trinajstić information content (AvgIpc) is 3.18. The van der Waals surface area contributed by atoms with Gasteiger partial charge in [-0.25, -0.2) is 4.99 Å². The zero-order valence-electron chi connectivity index (χ0n) is 17.0. The van der Waals surface area contributed by atoms with Crippen LogP contribution in [0.25, 0.3) is 16.6 Å². The predicted molar refractivity (Wildman–Crippen MR) is 125 cm³/mol. The van der Waals surface area contributed by atoms with Crippen LogP contribution in [0.1, 0.15) is 27.0 Å². The number of H-pyrrole nitrogens is 1. The van der Waals surface area contributed by atoms with Gasteiger partial charge >= 0.3 is 0 Å². The summed E-state index contributed by atoms with van der Waals surface area (Å²) in [5.74, 6) is -1.22. The normalized spacial score (nSPS) is 16.9. The summed E-state index contributed by atoms with van der Waals surface area (Å²) in [4.78, 5) is 46.5. The van der Waals surface area contributed by atoms with Crippen molar-refractivity contribution < 1.29 is 14.7 Å². The Balaban J connectivity index is 1.65. The fourth-order valence-electron chi connectivity index (χ4n) is 4.38. The minimum atomic E-state index is -0.565. The molecule has 0 spiro atoms. The maximum Gasteiger partial charge on any atom is 0.261 e. The van der Waals surface area contributed by atoms with Gasteiger partial charge in [-0.15, -0.1) is 0 Å². The van der Waals surface area contributed by atoms with Gasteiger partial charge in [0.2, 0.25) is 5.78 Å². The van der Waals surface area contributed by atoms with Gasteiger partial charge in [-0.05, 0) is 24.3 Å². The second-order valence-electron chi connectivity index (χ2n) is 7.78. The number of nitrogens with zero attached hydrogens (tertiary/aromatic N) is 1. The lowest BCUT2D eigenvalue weighted by Crippen LogP contribution is -2.28. The lowest BCUT2D eigenvalue weighted by atomic mass is 9.92. The third-order valence-electron chi connectivity index (χ3n) is 5.90. The minimum absolute atomic E-state index is 0.0131. The van der Waals surface area contributed by atoms with Gasteiger partial charge in [0.05, 0.1) is 22.6 Å². The molecule has 7 nitrogen and oxygen atoms in total. The molecule has 1 amide bonds. The Labute approximate surface area is 186 Å². The van der Waals surface area contributed by atoms with Crippen LogP contribution in [0, 0.1) is 0 Å². The molecule has 0 saturated heterocycles. The van der Waals surface area contributed by atoms with E-state index in [1.54, 1.807) is 72.8 Å². The molecule has 1 aromatic heterocycles. The van der Waals surface area contributed by atoms with Crippen molar-refractivity contribution in [3.8, 4) is 5.75 Å². The van der Waals surface area contributed by atoms with E-state index in [-0.39, 0.29) is 28.3 Å². The van der Waals surface area contributed by atoms with E-state index in [4.69, 9.17) is 0 Å². The molecule has 0 bridgehead atoms. The molecule has 3 aromatic carbocycles. The molecule has 3 N–H and O–H groups in total. The third kappa shape index (κ3) is 2.69. The SMILES string of the molecule is O=C1Nc2ccccc2C(=O)C1=C1N=C(c2c(O)c3ccccc3[nH]c2=O)c2ccccc21. The number of aromatic hydroxyl groups is 1. The second-order valence-corrected chi connectivity index (χ2v) is 7.78. The maximum absolute atomic E-state index is 13.3. The topological polar surface area (TPSA) is 112 Å². The van der Waals surface area contributed by atoms with Crippen LogP contribution in [0.2, 0.25) is 0 Å². The number of nitrogens with one attached hydrogen (secondary N) is 2. The minimum Gasteiger partial charge on any atom is -0.506 e. The smallest absolute Gasteiger partial charge is 0.261 e. The second kappa shape index (κ2) is 6.86. The molecule has 0 saturated carbocycles. The molecule has 0 fully saturated rings. The molecule has 6 rings (SSSR count). The summed E-state index contributed by atoms with van der Waals surface area (Å²) in [5, 5.41) is 14.2. The fraction of sp³-hybridized carbons (Fsp3) is 0. The van der Waals surface area contributed by atoms with Gasteiger partial charge in [0, 0.05) is 22.1 Å². The van der Waals surface area contributed by atoms with Gasteiger partial charge in [0.15, 0.2) is 0 Å². The van der Waals surface area contributed by atoms with Gasteiger partial charge in [-0.3, -0.25) is 14.4 Å².